The SMILES string of the molecule is CC(C)Nc1cc(-n2ccc3cc(C(F)(F)F)cnc32)ncc1C(=O)NC1CCC(CN2CCN(c3ccc4c(c3)n(C)c(=O)n4C3CCC(=O)NC3=O)CC2)CC1. The van der Waals surface area contributed by atoms with Crippen LogP contribution in [0.4, 0.5) is 24.5 Å². The Balaban J connectivity index is 0.849. The van der Waals surface area contributed by atoms with Crippen molar-refractivity contribution in [3.05, 3.63) is 76.6 Å². The van der Waals surface area contributed by atoms with Crippen LogP contribution in [0.15, 0.2) is 59.8 Å². The van der Waals surface area contributed by atoms with Gasteiger partial charge in [-0.1, -0.05) is 0 Å². The third kappa shape index (κ3) is 7.78. The predicted molar refractivity (Wildman–Crippen MR) is 213 cm³/mol. The Hall–Kier alpha value is -5.71. The van der Waals surface area contributed by atoms with Crippen molar-refractivity contribution in [3.8, 4) is 5.82 Å². The fourth-order valence-electron chi connectivity index (χ4n) is 8.64. The van der Waals surface area contributed by atoms with E-state index >= 15 is 0 Å². The zero-order valence-corrected chi connectivity index (χ0v) is 32.7. The Morgan fingerprint density at radius 3 is 2.40 bits per heavy atom. The average Bonchev–Trinajstić information content (AvgIpc) is 3.72. The minimum absolute atomic E-state index is 0.00610. The zero-order valence-electron chi connectivity index (χ0n) is 32.7. The van der Waals surface area contributed by atoms with E-state index in [9.17, 15) is 32.3 Å². The highest BCUT2D eigenvalue weighted by Crippen LogP contribution is 2.33. The normalized spacial score (nSPS) is 20.9. The van der Waals surface area contributed by atoms with Crippen LogP contribution in [-0.2, 0) is 22.8 Å². The van der Waals surface area contributed by atoms with Gasteiger partial charge in [0.05, 0.1) is 27.8 Å². The van der Waals surface area contributed by atoms with Crippen molar-refractivity contribution in [2.75, 3.05) is 42.9 Å². The molecule has 58 heavy (non-hydrogen) atoms. The number of hydrogen-bond acceptors (Lipinski definition) is 9. The fourth-order valence-corrected chi connectivity index (χ4v) is 8.64. The first kappa shape index (κ1) is 39.1. The smallest absolute Gasteiger partial charge is 0.382 e. The number of aromatic nitrogens is 5. The number of imide groups is 1. The van der Waals surface area contributed by atoms with Crippen LogP contribution in [0, 0.1) is 5.92 Å². The quantitative estimate of drug-likeness (QED) is 0.175. The van der Waals surface area contributed by atoms with Crippen LogP contribution in [0.3, 0.4) is 0 Å². The molecule has 0 radical (unpaired) electrons. The van der Waals surface area contributed by atoms with E-state index in [1.165, 1.54) is 10.8 Å². The van der Waals surface area contributed by atoms with Gasteiger partial charge in [-0.3, -0.25) is 38.3 Å². The Morgan fingerprint density at radius 1 is 0.931 bits per heavy atom. The standard InChI is InChI=1S/C41H47F3N10O4/c1-24(2)47-31-20-35(53-13-12-26-18-27(41(42,43)44)21-46-37(26)53)45-22-30(31)38(56)48-28-6-4-25(5-7-28)23-51-14-16-52(17-15-51)29-8-9-32-34(19-29)50(3)40(58)54(32)33-10-11-36(55)49-39(33)57/h8-9,12-13,18-22,24-25,28,33H,4-7,10-11,14-17,23H2,1-3H3,(H,45,47)(H,48,56)(H,49,55,57). The van der Waals surface area contributed by atoms with Crippen molar-refractivity contribution < 1.29 is 27.6 Å². The van der Waals surface area contributed by atoms with Gasteiger partial charge in [0.1, 0.15) is 17.5 Å². The van der Waals surface area contributed by atoms with Crippen molar-refractivity contribution in [2.24, 2.45) is 13.0 Å². The summed E-state index contributed by atoms with van der Waals surface area (Å²) in [7, 11) is 1.71. The lowest BCUT2D eigenvalue weighted by molar-refractivity contribution is -0.138. The molecule has 1 saturated carbocycles. The summed E-state index contributed by atoms with van der Waals surface area (Å²) < 4.78 is 44.5. The second-order valence-corrected chi connectivity index (χ2v) is 16.0. The van der Waals surface area contributed by atoms with E-state index in [-0.39, 0.29) is 36.0 Å². The van der Waals surface area contributed by atoms with Crippen LogP contribution in [0.25, 0.3) is 27.9 Å². The zero-order chi connectivity index (χ0) is 40.9. The number of nitrogens with zero attached hydrogens (tertiary/aromatic N) is 7. The molecule has 1 unspecified atom stereocenters. The number of carbonyl (C=O) groups excluding carboxylic acids is 3. The molecule has 6 heterocycles. The minimum Gasteiger partial charge on any atom is -0.382 e. The number of anilines is 2. The number of piperazine rings is 1. The lowest BCUT2D eigenvalue weighted by Gasteiger charge is -2.39. The molecule has 1 atom stereocenters. The number of pyridine rings is 2. The number of nitrogens with one attached hydrogen (secondary N) is 3. The largest absolute Gasteiger partial charge is 0.417 e. The predicted octanol–water partition coefficient (Wildman–Crippen LogP) is 5.00. The molecule has 3 amide bonds. The monoisotopic (exact) mass is 800 g/mol. The molecule has 3 N–H and O–H groups in total. The van der Waals surface area contributed by atoms with Crippen molar-refractivity contribution in [3.63, 3.8) is 0 Å². The summed E-state index contributed by atoms with van der Waals surface area (Å²) in [6.45, 7) is 8.41. The van der Waals surface area contributed by atoms with Gasteiger partial charge in [0.25, 0.3) is 5.91 Å². The number of piperidine rings is 1. The van der Waals surface area contributed by atoms with E-state index in [0.717, 1.165) is 81.9 Å². The number of hydrogen-bond donors (Lipinski definition) is 3. The third-order valence-electron chi connectivity index (χ3n) is 11.7. The number of benzene rings is 1. The van der Waals surface area contributed by atoms with Crippen molar-refractivity contribution >= 4 is 51.2 Å². The van der Waals surface area contributed by atoms with Crippen LogP contribution >= 0.6 is 0 Å². The number of aryl methyl sites for hydroxylation is 1. The van der Waals surface area contributed by atoms with Crippen LogP contribution < -0.4 is 26.5 Å². The summed E-state index contributed by atoms with van der Waals surface area (Å²) in [6.07, 6.45) is 3.67. The summed E-state index contributed by atoms with van der Waals surface area (Å²) in [5.74, 6) is -0.0356. The van der Waals surface area contributed by atoms with Crippen molar-refractivity contribution in [2.45, 2.75) is 76.7 Å². The van der Waals surface area contributed by atoms with Gasteiger partial charge in [-0.05, 0) is 82.2 Å². The molecule has 3 fully saturated rings. The lowest BCUT2D eigenvalue weighted by atomic mass is 9.85. The molecule has 0 bridgehead atoms. The molecule has 8 rings (SSSR count). The molecule has 14 nitrogen and oxygen atoms in total. The van der Waals surface area contributed by atoms with Gasteiger partial charge < -0.3 is 15.5 Å². The van der Waals surface area contributed by atoms with E-state index in [2.05, 4.69) is 35.7 Å². The first-order valence-corrected chi connectivity index (χ1v) is 19.9. The summed E-state index contributed by atoms with van der Waals surface area (Å²) in [5.41, 5.74) is 2.65. The van der Waals surface area contributed by atoms with Gasteiger partial charge in [-0.15, -0.1) is 0 Å². The lowest BCUT2D eigenvalue weighted by Crippen LogP contribution is -2.48. The average molecular weight is 801 g/mol. The highest BCUT2D eigenvalue weighted by molar-refractivity contribution is 6.00. The van der Waals surface area contributed by atoms with E-state index in [4.69, 9.17) is 0 Å². The summed E-state index contributed by atoms with van der Waals surface area (Å²) in [5, 5.41) is 9.25. The number of imidazole rings is 1. The molecule has 1 aliphatic carbocycles. The van der Waals surface area contributed by atoms with Crippen LogP contribution in [0.5, 0.6) is 0 Å². The topological polar surface area (TPSA) is 151 Å². The van der Waals surface area contributed by atoms with Gasteiger partial charge in [-0.25, -0.2) is 14.8 Å². The maximum Gasteiger partial charge on any atom is 0.417 e. The number of fused-ring (bicyclic) bond motifs is 2. The number of amides is 3. The number of carbonyl (C=O) groups is 3. The van der Waals surface area contributed by atoms with Gasteiger partial charge in [0, 0.05) is 94.0 Å². The third-order valence-corrected chi connectivity index (χ3v) is 11.7. The summed E-state index contributed by atoms with van der Waals surface area (Å²) >= 11 is 0. The second kappa shape index (κ2) is 15.6. The maximum atomic E-state index is 13.6. The highest BCUT2D eigenvalue weighted by atomic mass is 19.4. The fraction of sp³-hybridized carbons (Fsp3) is 0.463. The molecule has 4 aromatic heterocycles. The maximum absolute atomic E-state index is 13.6. The van der Waals surface area contributed by atoms with E-state index in [1.54, 1.807) is 34.5 Å². The van der Waals surface area contributed by atoms with Crippen molar-refractivity contribution in [1.82, 2.24) is 39.2 Å². The van der Waals surface area contributed by atoms with Gasteiger partial charge in [-0.2, -0.15) is 13.2 Å². The molecular weight excluding hydrogens is 754 g/mol. The van der Waals surface area contributed by atoms with Gasteiger partial charge in [0.15, 0.2) is 0 Å². The molecular formula is C41H47F3N10O4. The molecule has 306 valence electrons. The van der Waals surface area contributed by atoms with E-state index in [1.807, 2.05) is 32.0 Å². The Morgan fingerprint density at radius 2 is 1.69 bits per heavy atom. The molecule has 5 aromatic rings. The summed E-state index contributed by atoms with van der Waals surface area (Å²) in [4.78, 5) is 64.6. The minimum atomic E-state index is -4.50. The molecule has 2 saturated heterocycles. The van der Waals surface area contributed by atoms with Crippen LogP contribution in [0.1, 0.15) is 74.3 Å². The first-order chi connectivity index (χ1) is 27.7. The number of halogens is 3. The molecule has 17 heteroatoms. The Labute approximate surface area is 332 Å². The molecule has 1 aromatic carbocycles. The molecule has 3 aliphatic rings. The molecule has 0 spiro atoms. The second-order valence-electron chi connectivity index (χ2n) is 16.0. The Bertz CT molecular complexity index is 2440. The number of rotatable bonds is 9. The van der Waals surface area contributed by atoms with E-state index < -0.39 is 23.7 Å². The Kier molecular flexibility index (Phi) is 10.5. The number of alkyl halides is 3. The van der Waals surface area contributed by atoms with Crippen molar-refractivity contribution in [1.29, 1.82) is 0 Å². The van der Waals surface area contributed by atoms with Gasteiger partial charge in [0.2, 0.25) is 11.8 Å². The van der Waals surface area contributed by atoms with Crippen LogP contribution in [0.2, 0.25) is 0 Å². The van der Waals surface area contributed by atoms with Crippen LogP contribution in [-0.4, -0.2) is 91.1 Å². The van der Waals surface area contributed by atoms with Gasteiger partial charge >= 0.3 is 11.9 Å². The highest BCUT2D eigenvalue weighted by Gasteiger charge is 2.33. The summed E-state index contributed by atoms with van der Waals surface area (Å²) in [6, 6.07) is 9.59. The molecule has 2 aliphatic heterocycles. The first-order valence-electron chi connectivity index (χ1n) is 19.9. The van der Waals surface area contributed by atoms with E-state index in [0.29, 0.717) is 46.0 Å².